The van der Waals surface area contributed by atoms with E-state index in [-0.39, 0.29) is 18.3 Å². The number of rotatable bonds is 7. The van der Waals surface area contributed by atoms with Crippen molar-refractivity contribution in [2.45, 2.75) is 32.2 Å². The van der Waals surface area contributed by atoms with Gasteiger partial charge >= 0.3 is 0 Å². The van der Waals surface area contributed by atoms with E-state index in [9.17, 15) is 9.18 Å². The molecule has 1 aromatic rings. The molecule has 4 nitrogen and oxygen atoms in total. The Labute approximate surface area is 118 Å². The lowest BCUT2D eigenvalue weighted by Crippen LogP contribution is -2.61. The molecule has 0 radical (unpaired) electrons. The van der Waals surface area contributed by atoms with Gasteiger partial charge in [-0.1, -0.05) is 13.0 Å². The summed E-state index contributed by atoms with van der Waals surface area (Å²) in [5.41, 5.74) is 5.55. The Bertz CT molecular complexity index is 503. The fourth-order valence-corrected chi connectivity index (χ4v) is 2.49. The maximum atomic E-state index is 13.3. The molecule has 1 fully saturated rings. The maximum absolute atomic E-state index is 13.3. The van der Waals surface area contributed by atoms with E-state index in [4.69, 9.17) is 10.5 Å². The van der Waals surface area contributed by atoms with Gasteiger partial charge in [0, 0.05) is 6.07 Å². The summed E-state index contributed by atoms with van der Waals surface area (Å²) in [5, 5.41) is 3.17. The van der Waals surface area contributed by atoms with Gasteiger partial charge in [-0.05, 0) is 43.9 Å². The number of carbonyl (C=O) groups excluding carboxylic acids is 1. The topological polar surface area (TPSA) is 64.3 Å². The number of nitrogens with one attached hydrogen (secondary N) is 1. The molecular formula is C15H21FN2O2. The molecule has 110 valence electrons. The van der Waals surface area contributed by atoms with E-state index in [0.717, 1.165) is 18.4 Å². The second-order valence-corrected chi connectivity index (χ2v) is 5.34. The molecule has 0 aliphatic heterocycles. The Hall–Kier alpha value is -1.62. The third-order valence-corrected chi connectivity index (χ3v) is 3.81. The van der Waals surface area contributed by atoms with Crippen LogP contribution >= 0.6 is 0 Å². The van der Waals surface area contributed by atoms with Gasteiger partial charge in [-0.15, -0.1) is 0 Å². The zero-order valence-corrected chi connectivity index (χ0v) is 11.9. The molecule has 0 saturated heterocycles. The fraction of sp³-hybridized carbons (Fsp3) is 0.533. The molecule has 2 rings (SSSR count). The number of hydrogen-bond acceptors (Lipinski definition) is 3. The molecule has 0 bridgehead atoms. The lowest BCUT2D eigenvalue weighted by Gasteiger charge is -2.31. The number of nitrogens with two attached hydrogens (primary N) is 1. The average Bonchev–Trinajstić information content (AvgIpc) is 3.22. The van der Waals surface area contributed by atoms with E-state index >= 15 is 0 Å². The highest BCUT2D eigenvalue weighted by Crippen LogP contribution is 2.40. The molecule has 1 aliphatic carbocycles. The molecule has 5 heteroatoms. The Morgan fingerprint density at radius 3 is 2.80 bits per heavy atom. The van der Waals surface area contributed by atoms with Crippen molar-refractivity contribution < 1.29 is 13.9 Å². The van der Waals surface area contributed by atoms with Crippen LogP contribution in [0.25, 0.3) is 0 Å². The molecule has 1 saturated carbocycles. The highest BCUT2D eigenvalue weighted by molar-refractivity contribution is 5.85. The predicted molar refractivity (Wildman–Crippen MR) is 75.0 cm³/mol. The SMILES string of the molecule is CCNC(COc1cc(F)ccc1C)(C(N)=O)C1CC1. The first kappa shape index (κ1) is 14.8. The molecular weight excluding hydrogens is 259 g/mol. The summed E-state index contributed by atoms with van der Waals surface area (Å²) >= 11 is 0. The number of halogens is 1. The third kappa shape index (κ3) is 2.93. The number of ether oxygens (including phenoxy) is 1. The van der Waals surface area contributed by atoms with Gasteiger partial charge in [0.25, 0.3) is 0 Å². The van der Waals surface area contributed by atoms with Crippen molar-refractivity contribution in [3.63, 3.8) is 0 Å². The van der Waals surface area contributed by atoms with Crippen LogP contribution in [0.5, 0.6) is 5.75 Å². The van der Waals surface area contributed by atoms with Crippen LogP contribution in [0.4, 0.5) is 4.39 Å². The number of aryl methyl sites for hydroxylation is 1. The quantitative estimate of drug-likeness (QED) is 0.800. The van der Waals surface area contributed by atoms with E-state index in [0.29, 0.717) is 12.3 Å². The van der Waals surface area contributed by atoms with E-state index in [1.807, 2.05) is 13.8 Å². The lowest BCUT2D eigenvalue weighted by molar-refractivity contribution is -0.126. The predicted octanol–water partition coefficient (Wildman–Crippen LogP) is 1.76. The van der Waals surface area contributed by atoms with Gasteiger partial charge in [-0.25, -0.2) is 4.39 Å². The number of primary amides is 1. The van der Waals surface area contributed by atoms with Crippen molar-refractivity contribution in [1.29, 1.82) is 0 Å². The van der Waals surface area contributed by atoms with Crippen molar-refractivity contribution in [2.24, 2.45) is 11.7 Å². The lowest BCUT2D eigenvalue weighted by atomic mass is 9.93. The van der Waals surface area contributed by atoms with Crippen molar-refractivity contribution in [3.05, 3.63) is 29.6 Å². The molecule has 1 amide bonds. The second kappa shape index (κ2) is 5.79. The summed E-state index contributed by atoms with van der Waals surface area (Å²) in [6.07, 6.45) is 1.92. The third-order valence-electron chi connectivity index (χ3n) is 3.81. The van der Waals surface area contributed by atoms with Crippen LogP contribution in [0.1, 0.15) is 25.3 Å². The molecule has 1 unspecified atom stereocenters. The van der Waals surface area contributed by atoms with Crippen LogP contribution in [0.3, 0.4) is 0 Å². The van der Waals surface area contributed by atoms with Gasteiger partial charge in [-0.2, -0.15) is 0 Å². The average molecular weight is 280 g/mol. The van der Waals surface area contributed by atoms with Crippen molar-refractivity contribution in [3.8, 4) is 5.75 Å². The fourth-order valence-electron chi connectivity index (χ4n) is 2.49. The second-order valence-electron chi connectivity index (χ2n) is 5.34. The van der Waals surface area contributed by atoms with E-state index < -0.39 is 11.4 Å². The number of likely N-dealkylation sites (N-methyl/N-ethyl adjacent to an activating group) is 1. The molecule has 3 N–H and O–H groups in total. The zero-order valence-electron chi connectivity index (χ0n) is 11.9. The van der Waals surface area contributed by atoms with Gasteiger partial charge < -0.3 is 15.8 Å². The van der Waals surface area contributed by atoms with E-state index in [1.54, 1.807) is 6.07 Å². The van der Waals surface area contributed by atoms with Crippen LogP contribution in [0.2, 0.25) is 0 Å². The molecule has 0 heterocycles. The Morgan fingerprint density at radius 2 is 2.25 bits per heavy atom. The Balaban J connectivity index is 2.16. The molecule has 0 aromatic heterocycles. The standard InChI is InChI=1S/C15H21FN2O2/c1-3-18-15(14(17)19,11-5-6-11)9-20-13-8-12(16)7-4-10(13)2/h4,7-8,11,18H,3,5-6,9H2,1-2H3,(H2,17,19). The van der Waals surface area contributed by atoms with Crippen LogP contribution in [0.15, 0.2) is 18.2 Å². The smallest absolute Gasteiger partial charge is 0.241 e. The summed E-state index contributed by atoms with van der Waals surface area (Å²) in [6.45, 7) is 4.52. The van der Waals surface area contributed by atoms with Gasteiger partial charge in [0.05, 0.1) is 0 Å². The molecule has 1 aliphatic rings. The minimum atomic E-state index is -0.854. The highest BCUT2D eigenvalue weighted by Gasteiger charge is 2.50. The number of hydrogen-bond donors (Lipinski definition) is 2. The minimum absolute atomic E-state index is 0.130. The Morgan fingerprint density at radius 1 is 1.55 bits per heavy atom. The normalized spacial score (nSPS) is 17.6. The first-order valence-corrected chi connectivity index (χ1v) is 6.93. The minimum Gasteiger partial charge on any atom is -0.491 e. The van der Waals surface area contributed by atoms with Gasteiger partial charge in [0.1, 0.15) is 23.7 Å². The van der Waals surface area contributed by atoms with Crippen molar-refractivity contribution in [1.82, 2.24) is 5.32 Å². The first-order chi connectivity index (χ1) is 9.49. The maximum Gasteiger partial charge on any atom is 0.241 e. The summed E-state index contributed by atoms with van der Waals surface area (Å²) in [5.74, 6) is -0.107. The monoisotopic (exact) mass is 280 g/mol. The number of amides is 1. The summed E-state index contributed by atoms with van der Waals surface area (Å²) in [4.78, 5) is 11.9. The van der Waals surface area contributed by atoms with Crippen molar-refractivity contribution >= 4 is 5.91 Å². The van der Waals surface area contributed by atoms with Gasteiger partial charge in [0.2, 0.25) is 5.91 Å². The van der Waals surface area contributed by atoms with E-state index in [2.05, 4.69) is 5.32 Å². The highest BCUT2D eigenvalue weighted by atomic mass is 19.1. The van der Waals surface area contributed by atoms with Gasteiger partial charge in [-0.3, -0.25) is 4.79 Å². The molecule has 1 atom stereocenters. The Kier molecular flexibility index (Phi) is 4.28. The van der Waals surface area contributed by atoms with Crippen LogP contribution < -0.4 is 15.8 Å². The molecule has 0 spiro atoms. The van der Waals surface area contributed by atoms with Crippen LogP contribution in [0, 0.1) is 18.7 Å². The summed E-state index contributed by atoms with van der Waals surface area (Å²) < 4.78 is 19.0. The number of carbonyl (C=O) groups is 1. The van der Waals surface area contributed by atoms with Gasteiger partial charge in [0.15, 0.2) is 0 Å². The zero-order chi connectivity index (χ0) is 14.8. The largest absolute Gasteiger partial charge is 0.491 e. The summed E-state index contributed by atoms with van der Waals surface area (Å²) in [6, 6.07) is 4.37. The van der Waals surface area contributed by atoms with Crippen molar-refractivity contribution in [2.75, 3.05) is 13.2 Å². The number of benzene rings is 1. The van der Waals surface area contributed by atoms with E-state index in [1.165, 1.54) is 12.1 Å². The first-order valence-electron chi connectivity index (χ1n) is 6.93. The van der Waals surface area contributed by atoms with Crippen LogP contribution in [-0.2, 0) is 4.79 Å². The molecule has 1 aromatic carbocycles. The molecule has 20 heavy (non-hydrogen) atoms. The van der Waals surface area contributed by atoms with Crippen LogP contribution in [-0.4, -0.2) is 24.6 Å². The summed E-state index contributed by atoms with van der Waals surface area (Å²) in [7, 11) is 0.